The predicted molar refractivity (Wildman–Crippen MR) is 86.3 cm³/mol. The lowest BCUT2D eigenvalue weighted by atomic mass is 9.97. The van der Waals surface area contributed by atoms with Crippen LogP contribution in [0.15, 0.2) is 22.7 Å². The number of aliphatic carboxylic acids is 1. The third kappa shape index (κ3) is 4.13. The normalized spacial score (nSPS) is 15.5. The van der Waals surface area contributed by atoms with Crippen molar-refractivity contribution in [3.63, 3.8) is 0 Å². The minimum atomic E-state index is -0.786. The number of hydrogen-bond acceptors (Lipinski definition) is 3. The van der Waals surface area contributed by atoms with E-state index in [4.69, 9.17) is 9.84 Å². The maximum Gasteiger partial charge on any atom is 0.321 e. The monoisotopic (exact) mass is 370 g/mol. The minimum absolute atomic E-state index is 0.233. The first-order valence-corrected chi connectivity index (χ1v) is 8.01. The van der Waals surface area contributed by atoms with Crippen LogP contribution in [0.1, 0.15) is 19.8 Å². The number of carbonyl (C=O) groups is 2. The molecule has 22 heavy (non-hydrogen) atoms. The smallest absolute Gasteiger partial charge is 0.321 e. The van der Waals surface area contributed by atoms with E-state index in [1.54, 1.807) is 17.0 Å². The van der Waals surface area contributed by atoms with Gasteiger partial charge in [0.25, 0.3) is 0 Å². The topological polar surface area (TPSA) is 78.9 Å². The zero-order chi connectivity index (χ0) is 16.1. The minimum Gasteiger partial charge on any atom is -0.492 e. The molecule has 1 aromatic carbocycles. The molecular weight excluding hydrogens is 352 g/mol. The van der Waals surface area contributed by atoms with Crippen molar-refractivity contribution in [2.24, 2.45) is 5.92 Å². The first kappa shape index (κ1) is 16.6. The Kier molecular flexibility index (Phi) is 5.65. The number of carbonyl (C=O) groups excluding carboxylic acids is 1. The molecule has 0 aliphatic carbocycles. The van der Waals surface area contributed by atoms with Gasteiger partial charge < -0.3 is 20.1 Å². The van der Waals surface area contributed by atoms with Gasteiger partial charge in [-0.1, -0.05) is 15.9 Å². The van der Waals surface area contributed by atoms with Crippen LogP contribution in [-0.2, 0) is 4.79 Å². The van der Waals surface area contributed by atoms with Gasteiger partial charge in [-0.3, -0.25) is 4.79 Å². The van der Waals surface area contributed by atoms with E-state index in [-0.39, 0.29) is 11.9 Å². The summed E-state index contributed by atoms with van der Waals surface area (Å²) in [6.45, 7) is 3.28. The number of nitrogens with one attached hydrogen (secondary N) is 1. The summed E-state index contributed by atoms with van der Waals surface area (Å²) in [4.78, 5) is 24.9. The van der Waals surface area contributed by atoms with E-state index >= 15 is 0 Å². The van der Waals surface area contributed by atoms with Gasteiger partial charge in [-0.2, -0.15) is 0 Å². The van der Waals surface area contributed by atoms with Crippen molar-refractivity contribution in [2.45, 2.75) is 19.8 Å². The van der Waals surface area contributed by atoms with Crippen LogP contribution in [0.5, 0.6) is 5.75 Å². The molecule has 0 atom stereocenters. The van der Waals surface area contributed by atoms with E-state index in [0.29, 0.717) is 44.0 Å². The summed E-state index contributed by atoms with van der Waals surface area (Å²) in [5.41, 5.74) is 0.599. The maximum atomic E-state index is 12.3. The summed E-state index contributed by atoms with van der Waals surface area (Å²) in [7, 11) is 0. The molecule has 7 heteroatoms. The molecule has 0 saturated carbocycles. The summed E-state index contributed by atoms with van der Waals surface area (Å²) >= 11 is 3.37. The molecule has 1 fully saturated rings. The van der Waals surface area contributed by atoms with Crippen molar-refractivity contribution >= 4 is 33.6 Å². The quantitative estimate of drug-likeness (QED) is 0.852. The Morgan fingerprint density at radius 1 is 1.41 bits per heavy atom. The lowest BCUT2D eigenvalue weighted by Gasteiger charge is -2.30. The zero-order valence-corrected chi connectivity index (χ0v) is 13.9. The third-order valence-corrected chi connectivity index (χ3v) is 4.11. The molecule has 0 unspecified atom stereocenters. The Hall–Kier alpha value is -1.76. The van der Waals surface area contributed by atoms with E-state index in [9.17, 15) is 9.59 Å². The fraction of sp³-hybridized carbons (Fsp3) is 0.467. The average molecular weight is 371 g/mol. The third-order valence-electron chi connectivity index (χ3n) is 3.61. The largest absolute Gasteiger partial charge is 0.492 e. The van der Waals surface area contributed by atoms with E-state index in [1.807, 2.05) is 13.0 Å². The number of rotatable bonds is 4. The zero-order valence-electron chi connectivity index (χ0n) is 12.3. The Balaban J connectivity index is 2.00. The van der Waals surface area contributed by atoms with Gasteiger partial charge in [-0.15, -0.1) is 0 Å². The van der Waals surface area contributed by atoms with Crippen LogP contribution in [0.25, 0.3) is 0 Å². The second-order valence-corrected chi connectivity index (χ2v) is 6.02. The van der Waals surface area contributed by atoms with Crippen molar-refractivity contribution in [3.8, 4) is 5.75 Å². The number of halogens is 1. The number of piperidine rings is 1. The van der Waals surface area contributed by atoms with Crippen molar-refractivity contribution < 1.29 is 19.4 Å². The van der Waals surface area contributed by atoms with Gasteiger partial charge in [0.1, 0.15) is 5.75 Å². The maximum absolute atomic E-state index is 12.3. The van der Waals surface area contributed by atoms with Crippen LogP contribution in [0.2, 0.25) is 0 Å². The number of amides is 2. The number of benzene rings is 1. The van der Waals surface area contributed by atoms with Gasteiger partial charge in [-0.25, -0.2) is 4.79 Å². The lowest BCUT2D eigenvalue weighted by Crippen LogP contribution is -2.42. The molecule has 0 spiro atoms. The first-order valence-electron chi connectivity index (χ1n) is 7.22. The fourth-order valence-corrected chi connectivity index (χ4v) is 2.77. The van der Waals surface area contributed by atoms with Crippen molar-refractivity contribution in [3.05, 3.63) is 22.7 Å². The van der Waals surface area contributed by atoms with Gasteiger partial charge in [0.2, 0.25) is 0 Å². The van der Waals surface area contributed by atoms with E-state index < -0.39 is 5.97 Å². The molecule has 1 aliphatic rings. The highest BCUT2D eigenvalue weighted by Crippen LogP contribution is 2.29. The molecule has 6 nitrogen and oxygen atoms in total. The van der Waals surface area contributed by atoms with Crippen LogP contribution in [0, 0.1) is 5.92 Å². The number of hydrogen-bond donors (Lipinski definition) is 2. The second-order valence-electron chi connectivity index (χ2n) is 5.10. The predicted octanol–water partition coefficient (Wildman–Crippen LogP) is 3.18. The van der Waals surface area contributed by atoms with Crippen LogP contribution >= 0.6 is 15.9 Å². The Bertz CT molecular complexity index is 556. The van der Waals surface area contributed by atoms with Gasteiger partial charge in [-0.05, 0) is 38.0 Å². The average Bonchev–Trinajstić information content (AvgIpc) is 2.50. The molecule has 120 valence electrons. The number of anilines is 1. The summed E-state index contributed by atoms with van der Waals surface area (Å²) in [6.07, 6.45) is 0.971. The van der Waals surface area contributed by atoms with Crippen LogP contribution in [0.4, 0.5) is 10.5 Å². The fourth-order valence-electron chi connectivity index (χ4n) is 2.41. The number of carboxylic acid groups (broad SMARTS) is 1. The molecule has 0 aromatic heterocycles. The Morgan fingerprint density at radius 2 is 2.09 bits per heavy atom. The number of urea groups is 1. The first-order chi connectivity index (χ1) is 10.5. The molecule has 2 amide bonds. The van der Waals surface area contributed by atoms with Gasteiger partial charge in [0.05, 0.1) is 18.2 Å². The molecule has 0 radical (unpaired) electrons. The highest BCUT2D eigenvalue weighted by molar-refractivity contribution is 9.10. The van der Waals surface area contributed by atoms with E-state index in [1.165, 1.54) is 0 Å². The number of nitrogens with zero attached hydrogens (tertiary/aromatic N) is 1. The summed E-state index contributed by atoms with van der Waals surface area (Å²) < 4.78 is 6.34. The molecule has 1 saturated heterocycles. The highest BCUT2D eigenvalue weighted by atomic mass is 79.9. The number of likely N-dealkylation sites (tertiary alicyclic amines) is 1. The summed E-state index contributed by atoms with van der Waals surface area (Å²) in [6, 6.07) is 5.19. The van der Waals surface area contributed by atoms with E-state index in [0.717, 1.165) is 4.47 Å². The molecule has 1 aromatic rings. The highest BCUT2D eigenvalue weighted by Gasteiger charge is 2.27. The van der Waals surface area contributed by atoms with Crippen LogP contribution in [-0.4, -0.2) is 41.7 Å². The van der Waals surface area contributed by atoms with E-state index in [2.05, 4.69) is 21.2 Å². The van der Waals surface area contributed by atoms with Crippen molar-refractivity contribution in [1.29, 1.82) is 0 Å². The molecule has 0 bridgehead atoms. The molecule has 2 rings (SSSR count). The Labute approximate surface area is 137 Å². The SMILES string of the molecule is CCOc1ccc(Br)cc1NC(=O)N1CCC(C(=O)O)CC1. The van der Waals surface area contributed by atoms with Crippen molar-refractivity contribution in [1.82, 2.24) is 4.90 Å². The Morgan fingerprint density at radius 3 is 2.68 bits per heavy atom. The van der Waals surface area contributed by atoms with Crippen LogP contribution < -0.4 is 10.1 Å². The summed E-state index contributed by atoms with van der Waals surface area (Å²) in [5.74, 6) is -0.529. The van der Waals surface area contributed by atoms with Gasteiger partial charge in [0, 0.05) is 17.6 Å². The van der Waals surface area contributed by atoms with Crippen molar-refractivity contribution in [2.75, 3.05) is 25.0 Å². The number of carboxylic acids is 1. The van der Waals surface area contributed by atoms with Gasteiger partial charge >= 0.3 is 12.0 Å². The number of ether oxygens (including phenoxy) is 1. The molecule has 1 heterocycles. The molecule has 1 aliphatic heterocycles. The lowest BCUT2D eigenvalue weighted by molar-refractivity contribution is -0.143. The van der Waals surface area contributed by atoms with Gasteiger partial charge in [0.15, 0.2) is 0 Å². The van der Waals surface area contributed by atoms with Crippen LogP contribution in [0.3, 0.4) is 0 Å². The molecule has 2 N–H and O–H groups in total. The second kappa shape index (κ2) is 7.49. The summed E-state index contributed by atoms with van der Waals surface area (Å²) in [5, 5.41) is 11.8. The standard InChI is InChI=1S/C15H19BrN2O4/c1-2-22-13-4-3-11(16)9-12(13)17-15(21)18-7-5-10(6-8-18)14(19)20/h3-4,9-10H,2,5-8H2,1H3,(H,17,21)(H,19,20). The molecular formula is C15H19BrN2O4.